The van der Waals surface area contributed by atoms with Crippen LogP contribution in [-0.4, -0.2) is 24.7 Å². The van der Waals surface area contributed by atoms with E-state index in [2.05, 4.69) is 9.72 Å². The summed E-state index contributed by atoms with van der Waals surface area (Å²) in [6, 6.07) is 9.10. The minimum Gasteiger partial charge on any atom is -0.491 e. The van der Waals surface area contributed by atoms with Gasteiger partial charge in [0.1, 0.15) is 11.6 Å². The van der Waals surface area contributed by atoms with Gasteiger partial charge in [-0.05, 0) is 36.2 Å². The summed E-state index contributed by atoms with van der Waals surface area (Å²) in [5.41, 5.74) is 1.14. The molecule has 0 radical (unpaired) electrons. The second kappa shape index (κ2) is 7.39. The highest BCUT2D eigenvalue weighted by Gasteiger charge is 2.15. The zero-order chi connectivity index (χ0) is 18.7. The molecular formula is C20H18FNO4. The first-order chi connectivity index (χ1) is 12.6. The van der Waals surface area contributed by atoms with E-state index in [1.54, 1.807) is 24.3 Å². The molecule has 1 N–H and O–H groups in total. The molecule has 0 unspecified atom stereocenters. The van der Waals surface area contributed by atoms with Crippen molar-refractivity contribution in [3.63, 3.8) is 0 Å². The molecule has 2 aromatic carbocycles. The van der Waals surface area contributed by atoms with Crippen LogP contribution < -0.4 is 10.2 Å². The summed E-state index contributed by atoms with van der Waals surface area (Å²) in [4.78, 5) is 27.3. The largest absolute Gasteiger partial charge is 0.491 e. The number of ether oxygens (including phenoxy) is 2. The van der Waals surface area contributed by atoms with E-state index in [4.69, 9.17) is 4.74 Å². The summed E-state index contributed by atoms with van der Waals surface area (Å²) in [6.45, 7) is 2.43. The Morgan fingerprint density at radius 1 is 1.15 bits per heavy atom. The topological polar surface area (TPSA) is 68.4 Å². The van der Waals surface area contributed by atoms with Gasteiger partial charge in [0.25, 0.3) is 0 Å². The van der Waals surface area contributed by atoms with Crippen molar-refractivity contribution < 1.29 is 18.7 Å². The van der Waals surface area contributed by atoms with Crippen LogP contribution in [0.1, 0.15) is 23.7 Å². The molecule has 0 fully saturated rings. The van der Waals surface area contributed by atoms with Crippen LogP contribution in [0.2, 0.25) is 0 Å². The lowest BCUT2D eigenvalue weighted by Gasteiger charge is -2.10. The first-order valence-electron chi connectivity index (χ1n) is 8.22. The van der Waals surface area contributed by atoms with Crippen molar-refractivity contribution in [1.82, 2.24) is 4.98 Å². The maximum absolute atomic E-state index is 14.3. The number of carbonyl (C=O) groups is 1. The van der Waals surface area contributed by atoms with Gasteiger partial charge in [-0.1, -0.05) is 19.1 Å². The predicted octanol–water partition coefficient (Wildman–Crippen LogP) is 3.91. The normalized spacial score (nSPS) is 10.7. The molecule has 1 aromatic heterocycles. The second-order valence-electron chi connectivity index (χ2n) is 5.74. The summed E-state index contributed by atoms with van der Waals surface area (Å²) < 4.78 is 24.6. The van der Waals surface area contributed by atoms with E-state index in [-0.39, 0.29) is 5.39 Å². The van der Waals surface area contributed by atoms with Crippen LogP contribution in [0.4, 0.5) is 4.39 Å². The fraction of sp³-hybridized carbons (Fsp3) is 0.200. The molecule has 6 heteroatoms. The average Bonchev–Trinajstić information content (AvgIpc) is 2.67. The van der Waals surface area contributed by atoms with E-state index in [1.807, 2.05) is 6.92 Å². The third-order valence-corrected chi connectivity index (χ3v) is 4.03. The number of fused-ring (bicyclic) bond motifs is 1. The number of halogens is 1. The van der Waals surface area contributed by atoms with Crippen LogP contribution in [0.15, 0.2) is 47.4 Å². The highest BCUT2D eigenvalue weighted by atomic mass is 19.1. The van der Waals surface area contributed by atoms with Crippen molar-refractivity contribution in [2.75, 3.05) is 13.7 Å². The van der Waals surface area contributed by atoms with E-state index in [0.29, 0.717) is 34.6 Å². The van der Waals surface area contributed by atoms with Gasteiger partial charge in [0, 0.05) is 11.8 Å². The Balaban J connectivity index is 2.11. The Kier molecular flexibility index (Phi) is 5.02. The summed E-state index contributed by atoms with van der Waals surface area (Å²) in [5, 5.41) is -0.0480. The third kappa shape index (κ3) is 3.18. The van der Waals surface area contributed by atoms with Crippen LogP contribution in [0.25, 0.3) is 22.0 Å². The minimum absolute atomic E-state index is 0.0480. The second-order valence-corrected chi connectivity index (χ2v) is 5.74. The number of carbonyl (C=O) groups excluding carboxylic acids is 1. The van der Waals surface area contributed by atoms with Gasteiger partial charge in [0.2, 0.25) is 0 Å². The van der Waals surface area contributed by atoms with Gasteiger partial charge in [-0.25, -0.2) is 9.18 Å². The average molecular weight is 355 g/mol. The fourth-order valence-corrected chi connectivity index (χ4v) is 2.72. The quantitative estimate of drug-likeness (QED) is 0.705. The van der Waals surface area contributed by atoms with Crippen molar-refractivity contribution in [3.8, 4) is 16.9 Å². The number of hydrogen-bond acceptors (Lipinski definition) is 4. The van der Waals surface area contributed by atoms with Gasteiger partial charge >= 0.3 is 5.97 Å². The first-order valence-corrected chi connectivity index (χ1v) is 8.22. The Bertz CT molecular complexity index is 1010. The number of esters is 1. The Morgan fingerprint density at radius 3 is 2.54 bits per heavy atom. The summed E-state index contributed by atoms with van der Waals surface area (Å²) >= 11 is 0. The molecule has 1 heterocycles. The maximum Gasteiger partial charge on any atom is 0.337 e. The lowest BCUT2D eigenvalue weighted by atomic mass is 10.0. The number of aromatic nitrogens is 1. The molecule has 134 valence electrons. The van der Waals surface area contributed by atoms with E-state index >= 15 is 0 Å². The van der Waals surface area contributed by atoms with Gasteiger partial charge in [-0.2, -0.15) is 0 Å². The van der Waals surface area contributed by atoms with Crippen LogP contribution in [-0.2, 0) is 4.74 Å². The molecule has 3 aromatic rings. The summed E-state index contributed by atoms with van der Waals surface area (Å²) in [5.74, 6) is -0.640. The molecule has 3 rings (SSSR count). The summed E-state index contributed by atoms with van der Waals surface area (Å²) in [7, 11) is 1.30. The summed E-state index contributed by atoms with van der Waals surface area (Å²) in [6.07, 6.45) is 2.32. The monoisotopic (exact) mass is 355 g/mol. The van der Waals surface area contributed by atoms with Crippen LogP contribution in [0.5, 0.6) is 5.75 Å². The van der Waals surface area contributed by atoms with Crippen LogP contribution in [0.3, 0.4) is 0 Å². The van der Waals surface area contributed by atoms with Gasteiger partial charge in [-0.3, -0.25) is 4.79 Å². The first kappa shape index (κ1) is 17.7. The molecule has 26 heavy (non-hydrogen) atoms. The molecule has 0 aliphatic rings. The van der Waals surface area contributed by atoms with Crippen molar-refractivity contribution in [3.05, 3.63) is 64.2 Å². The SMILES string of the molecule is CCCOc1ccc(F)c2c(=O)c(-c3ccc(C(=O)OC)cc3)c[nH]c12. The van der Waals surface area contributed by atoms with Crippen LogP contribution >= 0.6 is 0 Å². The number of benzene rings is 2. The molecule has 0 saturated heterocycles. The smallest absolute Gasteiger partial charge is 0.337 e. The number of methoxy groups -OCH3 is 1. The minimum atomic E-state index is -0.613. The number of aromatic amines is 1. The van der Waals surface area contributed by atoms with Gasteiger partial charge in [0.15, 0.2) is 5.43 Å². The highest BCUT2D eigenvalue weighted by molar-refractivity contribution is 5.91. The van der Waals surface area contributed by atoms with Crippen LogP contribution in [0, 0.1) is 5.82 Å². The molecule has 0 saturated carbocycles. The Morgan fingerprint density at radius 2 is 1.88 bits per heavy atom. The van der Waals surface area contributed by atoms with Gasteiger partial charge in [-0.15, -0.1) is 0 Å². The van der Waals surface area contributed by atoms with Crippen molar-refractivity contribution in [2.24, 2.45) is 0 Å². The molecular weight excluding hydrogens is 337 g/mol. The molecule has 0 aliphatic heterocycles. The molecule has 0 spiro atoms. The number of rotatable bonds is 5. The van der Waals surface area contributed by atoms with E-state index < -0.39 is 17.2 Å². The molecule has 0 amide bonds. The van der Waals surface area contributed by atoms with Crippen molar-refractivity contribution in [2.45, 2.75) is 13.3 Å². The highest BCUT2D eigenvalue weighted by Crippen LogP contribution is 2.26. The maximum atomic E-state index is 14.3. The fourth-order valence-electron chi connectivity index (χ4n) is 2.72. The van der Waals surface area contributed by atoms with E-state index in [1.165, 1.54) is 25.4 Å². The molecule has 0 bridgehead atoms. The standard InChI is InChI=1S/C20H18FNO4/c1-3-10-26-16-9-8-15(21)17-18(16)22-11-14(19(17)23)12-4-6-13(7-5-12)20(24)25-2/h4-9,11H,3,10H2,1-2H3,(H,22,23). The number of pyridine rings is 1. The van der Waals surface area contributed by atoms with E-state index in [9.17, 15) is 14.0 Å². The number of nitrogens with one attached hydrogen (secondary N) is 1. The van der Waals surface area contributed by atoms with Crippen molar-refractivity contribution in [1.29, 1.82) is 0 Å². The van der Waals surface area contributed by atoms with E-state index in [0.717, 1.165) is 6.42 Å². The lowest BCUT2D eigenvalue weighted by Crippen LogP contribution is -2.10. The molecule has 0 aliphatic carbocycles. The molecule has 0 atom stereocenters. The predicted molar refractivity (Wildman–Crippen MR) is 97.1 cm³/mol. The number of H-pyrrole nitrogens is 1. The lowest BCUT2D eigenvalue weighted by molar-refractivity contribution is 0.0601. The zero-order valence-corrected chi connectivity index (χ0v) is 14.5. The Hall–Kier alpha value is -3.15. The zero-order valence-electron chi connectivity index (χ0n) is 14.5. The van der Waals surface area contributed by atoms with Gasteiger partial charge in [0.05, 0.1) is 30.2 Å². The number of hydrogen-bond donors (Lipinski definition) is 1. The third-order valence-electron chi connectivity index (χ3n) is 4.03. The van der Waals surface area contributed by atoms with Crippen molar-refractivity contribution >= 4 is 16.9 Å². The molecule has 5 nitrogen and oxygen atoms in total. The Labute approximate surface area is 149 Å². The van der Waals surface area contributed by atoms with Gasteiger partial charge < -0.3 is 14.5 Å².